The molecule has 26 unspecified atom stereocenters. The number of likely N-dealkylation sites (N-methyl/N-ethyl adjacent to an activating group) is 2. The number of ketones is 2. The fraction of sp³-hybridized carbons (Fsp3) is 0.854. The average Bonchev–Trinajstić information content (AvgIpc) is 1.60. The molecule has 2 saturated carbocycles. The molecule has 0 aromatic rings. The Morgan fingerprint density at radius 2 is 0.788 bits per heavy atom. The number of hydrogen-bond donors (Lipinski definition) is 0. The van der Waals surface area contributed by atoms with Crippen LogP contribution in [0, 0.1) is 71.0 Å². The second-order valence-corrected chi connectivity index (χ2v) is 33.0. The van der Waals surface area contributed by atoms with Crippen molar-refractivity contribution >= 4 is 23.5 Å². The minimum Gasteiger partial charge on any atom is -0.462 e. The minimum atomic E-state index is -0.594. The van der Waals surface area contributed by atoms with Crippen molar-refractivity contribution in [3.8, 4) is 0 Å². The molecule has 6 heterocycles. The molecule has 0 bridgehead atoms. The molecule has 22 heteroatoms. The molecular formula is C82H130N2O20. The van der Waals surface area contributed by atoms with Crippen LogP contribution in [-0.2, 0) is 95.0 Å². The van der Waals surface area contributed by atoms with E-state index >= 15 is 0 Å². The second-order valence-electron chi connectivity index (χ2n) is 33.0. The summed E-state index contributed by atoms with van der Waals surface area (Å²) in [6.45, 7) is 16.3. The molecule has 0 aromatic carbocycles. The molecule has 34 atom stereocenters. The molecule has 0 radical (unpaired) electrons. The van der Waals surface area contributed by atoms with Crippen LogP contribution in [0.15, 0.2) is 47.6 Å². The highest BCUT2D eigenvalue weighted by atomic mass is 16.7. The topological polar surface area (TPSA) is 222 Å². The lowest BCUT2D eigenvalue weighted by Gasteiger charge is -2.44. The quantitative estimate of drug-likeness (QED) is 0.0919. The zero-order valence-corrected chi connectivity index (χ0v) is 65.9. The first kappa shape index (κ1) is 81.6. The van der Waals surface area contributed by atoms with Gasteiger partial charge >= 0.3 is 11.9 Å². The monoisotopic (exact) mass is 1460 g/mol. The smallest absolute Gasteiger partial charge is 0.306 e. The van der Waals surface area contributed by atoms with E-state index in [9.17, 15) is 19.2 Å². The summed E-state index contributed by atoms with van der Waals surface area (Å²) in [7, 11) is 18.3. The van der Waals surface area contributed by atoms with Gasteiger partial charge in [0.15, 0.2) is 36.7 Å². The summed E-state index contributed by atoms with van der Waals surface area (Å²) in [4.78, 5) is 60.7. The van der Waals surface area contributed by atoms with E-state index in [-0.39, 0.29) is 194 Å². The highest BCUT2D eigenvalue weighted by molar-refractivity contribution is 6.00. The van der Waals surface area contributed by atoms with Gasteiger partial charge in [-0.1, -0.05) is 64.2 Å². The van der Waals surface area contributed by atoms with Crippen molar-refractivity contribution < 1.29 is 95.0 Å². The lowest BCUT2D eigenvalue weighted by atomic mass is 9.70. The second kappa shape index (κ2) is 36.6. The summed E-state index contributed by atoms with van der Waals surface area (Å²) in [6, 6.07) is 0.678. The molecule has 8 fully saturated rings. The van der Waals surface area contributed by atoms with Gasteiger partial charge in [-0.25, -0.2) is 0 Å². The molecule has 6 aliphatic heterocycles. The number of Topliss-reactive ketones (excluding diaryl/α,β-unsaturated/α-hetero) is 2. The number of carbonyl (C=O) groups excluding carboxylic acids is 4. The number of fused-ring (bicyclic) bond motifs is 10. The Balaban J connectivity index is 0.000000208. The van der Waals surface area contributed by atoms with Crippen LogP contribution in [0.25, 0.3) is 0 Å². The van der Waals surface area contributed by atoms with Gasteiger partial charge in [-0.3, -0.25) is 19.2 Å². The molecule has 104 heavy (non-hydrogen) atoms. The maximum absolute atomic E-state index is 14.7. The van der Waals surface area contributed by atoms with E-state index in [1.54, 1.807) is 42.7 Å². The van der Waals surface area contributed by atoms with Crippen molar-refractivity contribution in [2.75, 3.05) is 70.8 Å². The van der Waals surface area contributed by atoms with Crippen molar-refractivity contribution in [3.63, 3.8) is 0 Å². The molecule has 22 nitrogen and oxygen atoms in total. The normalized spacial score (nSPS) is 45.7. The van der Waals surface area contributed by atoms with E-state index in [0.29, 0.717) is 36.8 Å². The summed E-state index contributed by atoms with van der Waals surface area (Å²) in [6.07, 6.45) is 21.6. The van der Waals surface area contributed by atoms with Gasteiger partial charge in [0.2, 0.25) is 0 Å². The van der Waals surface area contributed by atoms with Gasteiger partial charge in [0.05, 0.1) is 61.7 Å². The predicted octanol–water partition coefficient (Wildman–Crippen LogP) is 11.0. The number of hydrogen-bond acceptors (Lipinski definition) is 22. The average molecular weight is 1460 g/mol. The molecule has 6 aliphatic carbocycles. The highest BCUT2D eigenvalue weighted by Crippen LogP contribution is 2.57. The van der Waals surface area contributed by atoms with Gasteiger partial charge in [-0.2, -0.15) is 0 Å². The van der Waals surface area contributed by atoms with Gasteiger partial charge < -0.3 is 85.6 Å². The molecule has 0 N–H and O–H groups in total. The largest absolute Gasteiger partial charge is 0.462 e. The third kappa shape index (κ3) is 18.0. The molecule has 6 saturated heterocycles. The standard InChI is InChI=1S/2C41H65NO10/c2*1-10-26-12-11-13-34(52-36-17-16-33(42(5)6)23(3)48-36)22(2)37(44)32-20-30-28(31(32)21-35(43)50-26)15-14-25-18-27(19-29(25)30)51-41-40(47-9)39(46-8)38(45-7)24(4)49-41/h2*14-15,20,22-31,33-34,36,38-41H,10-13,16-19,21H2,1-9H3/t2*22-,23?,24?,25?,26?,27?,28-,29-,30?,31+,33?,34?,36?,38?,39?,40?,41?/m11/s1. The third-order valence-electron chi connectivity index (χ3n) is 26.5. The minimum absolute atomic E-state index is 0.0380. The van der Waals surface area contributed by atoms with Crippen molar-refractivity contribution in [2.24, 2.45) is 71.0 Å². The highest BCUT2D eigenvalue weighted by Gasteiger charge is 2.56. The summed E-state index contributed by atoms with van der Waals surface area (Å²) >= 11 is 0. The van der Waals surface area contributed by atoms with E-state index in [2.05, 4.69) is 102 Å². The van der Waals surface area contributed by atoms with Crippen LogP contribution in [0.5, 0.6) is 0 Å². The first-order valence-corrected chi connectivity index (χ1v) is 40.0. The van der Waals surface area contributed by atoms with Crippen molar-refractivity contribution in [3.05, 3.63) is 47.6 Å². The first-order valence-electron chi connectivity index (χ1n) is 40.0. The molecule has 0 amide bonds. The maximum atomic E-state index is 14.7. The Morgan fingerprint density at radius 3 is 1.12 bits per heavy atom. The summed E-state index contributed by atoms with van der Waals surface area (Å²) < 4.78 is 99.1. The maximum Gasteiger partial charge on any atom is 0.306 e. The van der Waals surface area contributed by atoms with Crippen LogP contribution < -0.4 is 0 Å². The van der Waals surface area contributed by atoms with Gasteiger partial charge in [0.1, 0.15) is 48.8 Å². The van der Waals surface area contributed by atoms with E-state index in [1.807, 2.05) is 27.7 Å². The van der Waals surface area contributed by atoms with Crippen LogP contribution in [0.3, 0.4) is 0 Å². The Morgan fingerprint density at radius 1 is 0.413 bits per heavy atom. The number of nitrogens with zero attached hydrogens (tertiary/aromatic N) is 2. The Bertz CT molecular complexity index is 2770. The summed E-state index contributed by atoms with van der Waals surface area (Å²) in [5, 5.41) is 0. The number of allylic oxidation sites excluding steroid dienone is 8. The van der Waals surface area contributed by atoms with Gasteiger partial charge in [0, 0.05) is 78.4 Å². The number of cyclic esters (lactones) is 2. The fourth-order valence-corrected chi connectivity index (χ4v) is 20.8. The lowest BCUT2D eigenvalue weighted by molar-refractivity contribution is -0.314. The van der Waals surface area contributed by atoms with Gasteiger partial charge in [-0.15, -0.1) is 0 Å². The third-order valence-corrected chi connectivity index (χ3v) is 26.5. The van der Waals surface area contributed by atoms with Gasteiger partial charge in [-0.05, 0) is 217 Å². The van der Waals surface area contributed by atoms with E-state index in [0.717, 1.165) is 101 Å². The van der Waals surface area contributed by atoms with Crippen LogP contribution >= 0.6 is 0 Å². The van der Waals surface area contributed by atoms with Crippen molar-refractivity contribution in [1.82, 2.24) is 9.80 Å². The zero-order chi connectivity index (χ0) is 74.5. The van der Waals surface area contributed by atoms with Crippen LogP contribution in [0.2, 0.25) is 0 Å². The van der Waals surface area contributed by atoms with Crippen molar-refractivity contribution in [2.45, 2.75) is 306 Å². The molecule has 588 valence electrons. The van der Waals surface area contributed by atoms with Gasteiger partial charge in [0.25, 0.3) is 0 Å². The van der Waals surface area contributed by atoms with E-state index in [1.165, 1.54) is 0 Å². The number of esters is 2. The molecule has 12 rings (SSSR count). The summed E-state index contributed by atoms with van der Waals surface area (Å²) in [5.41, 5.74) is 1.53. The fourth-order valence-electron chi connectivity index (χ4n) is 20.8. The van der Waals surface area contributed by atoms with Crippen LogP contribution in [-0.4, -0.2) is 239 Å². The number of carbonyl (C=O) groups is 4. The molecule has 12 aliphatic rings. The number of rotatable bonds is 18. The molecule has 0 aromatic heterocycles. The first-order chi connectivity index (χ1) is 49.9. The SMILES string of the molecule is CCC1CCCC(OC2CCC(N(C)C)C(C)O2)[C@@H](C)C(=O)C2=CC3[C@@H]4CC(OC5OC(C)C(OC)C(OC)C5OC)CC4C=C[C@H]3[C@@H]2CC(=O)O1.CCC1CCCC(OC2CCC(N(C)C)C(C)O2)[C@@H](C)C(=O)C2=CC3[C@@H]4CC(OC5OC(C)C(OC)C(OC)C5OC)CC4C=C[C@H]3[C@@H]2CC(=O)O1. The predicted molar refractivity (Wildman–Crippen MR) is 388 cm³/mol. The molecule has 0 spiro atoms. The Hall–Kier alpha value is -3.40. The van der Waals surface area contributed by atoms with Crippen LogP contribution in [0.1, 0.15) is 171 Å². The molecular weight excluding hydrogens is 1330 g/mol. The van der Waals surface area contributed by atoms with Crippen molar-refractivity contribution in [1.29, 1.82) is 0 Å². The van der Waals surface area contributed by atoms with E-state index < -0.39 is 24.8 Å². The number of ether oxygens (including phenoxy) is 16. The van der Waals surface area contributed by atoms with E-state index in [4.69, 9.17) is 75.8 Å². The zero-order valence-electron chi connectivity index (χ0n) is 65.9. The lowest BCUT2D eigenvalue weighted by Crippen LogP contribution is -2.59. The Kier molecular flexibility index (Phi) is 28.7. The number of methoxy groups -OCH3 is 6. The van der Waals surface area contributed by atoms with Crippen LogP contribution in [0.4, 0.5) is 0 Å². The Labute approximate surface area is 620 Å². The summed E-state index contributed by atoms with van der Waals surface area (Å²) in [5.74, 6) is 0.0397.